The monoisotopic (exact) mass is 417 g/mol. The van der Waals surface area contributed by atoms with E-state index in [1.165, 1.54) is 0 Å². The summed E-state index contributed by atoms with van der Waals surface area (Å²) >= 11 is 0. The second-order valence-electron chi connectivity index (χ2n) is 7.28. The van der Waals surface area contributed by atoms with Gasteiger partial charge in [0.05, 0.1) is 11.1 Å². The number of rotatable bonds is 4. The highest BCUT2D eigenvalue weighted by molar-refractivity contribution is 5.73. The van der Waals surface area contributed by atoms with E-state index < -0.39 is 0 Å². The van der Waals surface area contributed by atoms with Gasteiger partial charge in [-0.25, -0.2) is 15.0 Å². The van der Waals surface area contributed by atoms with Gasteiger partial charge >= 0.3 is 0 Å². The number of phenolic OH excluding ortho intramolecular Hbond substituents is 2. The molecule has 0 spiro atoms. The number of hydrogen-bond donors (Lipinski definition) is 2. The Balaban J connectivity index is 1.65. The van der Waals surface area contributed by atoms with Crippen molar-refractivity contribution in [2.45, 2.75) is 0 Å². The largest absolute Gasteiger partial charge is 0.507 e. The minimum absolute atomic E-state index is 0.0762. The van der Waals surface area contributed by atoms with Crippen LogP contribution in [0.2, 0.25) is 0 Å². The standard InChI is InChI=1S/C27H19N3O2/c31-23-12-6-4-10-21(23)26-28-25(29-27(30-26)22-11-5-7-13-24(22)32)20-16-14-19(15-17-20)18-8-2-1-3-9-18/h1-17,31-32H. The molecule has 154 valence electrons. The molecule has 0 saturated heterocycles. The van der Waals surface area contributed by atoms with Crippen LogP contribution in [-0.2, 0) is 0 Å². The van der Waals surface area contributed by atoms with Crippen molar-refractivity contribution in [3.63, 3.8) is 0 Å². The van der Waals surface area contributed by atoms with E-state index in [9.17, 15) is 10.2 Å². The highest BCUT2D eigenvalue weighted by Gasteiger charge is 2.16. The van der Waals surface area contributed by atoms with Crippen molar-refractivity contribution >= 4 is 0 Å². The lowest BCUT2D eigenvalue weighted by Crippen LogP contribution is -2.00. The van der Waals surface area contributed by atoms with Crippen LogP contribution in [0.25, 0.3) is 45.3 Å². The van der Waals surface area contributed by atoms with E-state index in [0.717, 1.165) is 16.7 Å². The lowest BCUT2D eigenvalue weighted by Gasteiger charge is -2.10. The molecule has 0 bridgehead atoms. The SMILES string of the molecule is Oc1ccccc1-c1nc(-c2ccc(-c3ccccc3)cc2)nc(-c2ccccc2O)n1. The summed E-state index contributed by atoms with van der Waals surface area (Å²) in [6, 6.07) is 31.9. The fraction of sp³-hybridized carbons (Fsp3) is 0. The third-order valence-electron chi connectivity index (χ3n) is 5.18. The minimum atomic E-state index is 0.0762. The molecule has 5 aromatic rings. The molecule has 0 amide bonds. The molecule has 0 aliphatic carbocycles. The molecule has 0 aliphatic rings. The van der Waals surface area contributed by atoms with Crippen LogP contribution in [0.3, 0.4) is 0 Å². The third kappa shape index (κ3) is 3.79. The number of aromatic hydroxyl groups is 2. The molecule has 4 aromatic carbocycles. The quantitative estimate of drug-likeness (QED) is 0.378. The van der Waals surface area contributed by atoms with E-state index in [4.69, 9.17) is 0 Å². The van der Waals surface area contributed by atoms with Crippen LogP contribution < -0.4 is 0 Å². The van der Waals surface area contributed by atoms with Gasteiger partial charge in [0.1, 0.15) is 11.5 Å². The van der Waals surface area contributed by atoms with Crippen LogP contribution in [0, 0.1) is 0 Å². The number of phenols is 2. The summed E-state index contributed by atoms with van der Waals surface area (Å²) in [6.07, 6.45) is 0. The second-order valence-corrected chi connectivity index (χ2v) is 7.28. The van der Waals surface area contributed by atoms with E-state index in [0.29, 0.717) is 28.6 Å². The van der Waals surface area contributed by atoms with Crippen LogP contribution >= 0.6 is 0 Å². The molecule has 2 N–H and O–H groups in total. The molecule has 0 fully saturated rings. The van der Waals surface area contributed by atoms with Crippen LogP contribution in [0.1, 0.15) is 0 Å². The van der Waals surface area contributed by atoms with Crippen LogP contribution in [-0.4, -0.2) is 25.2 Å². The Morgan fingerprint density at radius 3 is 1.31 bits per heavy atom. The Kier molecular flexibility index (Phi) is 5.06. The zero-order valence-electron chi connectivity index (χ0n) is 17.1. The molecule has 0 aliphatic heterocycles. The Morgan fingerprint density at radius 2 is 0.781 bits per heavy atom. The van der Waals surface area contributed by atoms with Crippen molar-refractivity contribution in [3.8, 4) is 56.8 Å². The van der Waals surface area contributed by atoms with Crippen molar-refractivity contribution in [1.82, 2.24) is 15.0 Å². The molecule has 5 rings (SSSR count). The van der Waals surface area contributed by atoms with Crippen molar-refractivity contribution in [3.05, 3.63) is 103 Å². The van der Waals surface area contributed by atoms with Gasteiger partial charge < -0.3 is 10.2 Å². The average molecular weight is 417 g/mol. The zero-order chi connectivity index (χ0) is 21.9. The van der Waals surface area contributed by atoms with E-state index >= 15 is 0 Å². The van der Waals surface area contributed by atoms with Gasteiger partial charge in [-0.3, -0.25) is 0 Å². The maximum atomic E-state index is 10.4. The van der Waals surface area contributed by atoms with Gasteiger partial charge in [-0.1, -0.05) is 78.9 Å². The van der Waals surface area contributed by atoms with Crippen molar-refractivity contribution < 1.29 is 10.2 Å². The summed E-state index contributed by atoms with van der Waals surface area (Å²) in [4.78, 5) is 13.8. The Hall–Kier alpha value is -4.51. The number of para-hydroxylation sites is 2. The Bertz CT molecular complexity index is 1320. The van der Waals surface area contributed by atoms with Gasteiger partial charge in [-0.05, 0) is 35.4 Å². The molecular weight excluding hydrogens is 398 g/mol. The predicted molar refractivity (Wildman–Crippen MR) is 125 cm³/mol. The number of aromatic nitrogens is 3. The molecule has 0 radical (unpaired) electrons. The maximum Gasteiger partial charge on any atom is 0.167 e. The van der Waals surface area contributed by atoms with Crippen molar-refractivity contribution in [2.75, 3.05) is 0 Å². The third-order valence-corrected chi connectivity index (χ3v) is 5.18. The van der Waals surface area contributed by atoms with Crippen LogP contribution in [0.15, 0.2) is 103 Å². The first-order valence-electron chi connectivity index (χ1n) is 10.2. The summed E-state index contributed by atoms with van der Waals surface area (Å²) in [5.74, 6) is 1.27. The molecule has 0 unspecified atom stereocenters. The molecule has 5 nitrogen and oxygen atoms in total. The molecule has 5 heteroatoms. The normalized spacial score (nSPS) is 10.8. The molecule has 0 atom stereocenters. The lowest BCUT2D eigenvalue weighted by molar-refractivity contribution is 0.477. The first kappa shape index (κ1) is 19.5. The highest BCUT2D eigenvalue weighted by Crippen LogP contribution is 2.32. The van der Waals surface area contributed by atoms with E-state index in [1.807, 2.05) is 54.6 Å². The van der Waals surface area contributed by atoms with Crippen LogP contribution in [0.4, 0.5) is 0 Å². The highest BCUT2D eigenvalue weighted by atomic mass is 16.3. The first-order chi connectivity index (χ1) is 15.7. The topological polar surface area (TPSA) is 79.1 Å². The van der Waals surface area contributed by atoms with Crippen molar-refractivity contribution in [1.29, 1.82) is 0 Å². The molecular formula is C27H19N3O2. The van der Waals surface area contributed by atoms with Crippen molar-refractivity contribution in [2.24, 2.45) is 0 Å². The number of benzene rings is 4. The van der Waals surface area contributed by atoms with Gasteiger partial charge in [0, 0.05) is 5.56 Å². The smallest absolute Gasteiger partial charge is 0.167 e. The summed E-state index contributed by atoms with van der Waals surface area (Å²) < 4.78 is 0. The Labute approximate surface area is 185 Å². The van der Waals surface area contributed by atoms with Gasteiger partial charge in [-0.2, -0.15) is 0 Å². The fourth-order valence-electron chi connectivity index (χ4n) is 3.51. The van der Waals surface area contributed by atoms with Gasteiger partial charge in [0.2, 0.25) is 0 Å². The minimum Gasteiger partial charge on any atom is -0.507 e. The summed E-state index contributed by atoms with van der Waals surface area (Å²) in [5.41, 5.74) is 4.01. The summed E-state index contributed by atoms with van der Waals surface area (Å²) in [6.45, 7) is 0. The van der Waals surface area contributed by atoms with Gasteiger partial charge in [0.15, 0.2) is 17.5 Å². The predicted octanol–water partition coefficient (Wildman–Crippen LogP) is 5.95. The fourth-order valence-corrected chi connectivity index (χ4v) is 3.51. The van der Waals surface area contributed by atoms with Gasteiger partial charge in [0.25, 0.3) is 0 Å². The number of hydrogen-bond acceptors (Lipinski definition) is 5. The Morgan fingerprint density at radius 1 is 0.375 bits per heavy atom. The molecule has 0 saturated carbocycles. The molecule has 32 heavy (non-hydrogen) atoms. The van der Waals surface area contributed by atoms with E-state index in [1.54, 1.807) is 36.4 Å². The average Bonchev–Trinajstić information content (AvgIpc) is 2.85. The number of nitrogens with zero attached hydrogens (tertiary/aromatic N) is 3. The second kappa shape index (κ2) is 8.32. The first-order valence-corrected chi connectivity index (χ1v) is 10.2. The van der Waals surface area contributed by atoms with Crippen LogP contribution in [0.5, 0.6) is 11.5 Å². The van der Waals surface area contributed by atoms with Gasteiger partial charge in [-0.15, -0.1) is 0 Å². The molecule has 1 heterocycles. The zero-order valence-corrected chi connectivity index (χ0v) is 17.1. The van der Waals surface area contributed by atoms with E-state index in [-0.39, 0.29) is 11.5 Å². The summed E-state index contributed by atoms with van der Waals surface area (Å²) in [5, 5.41) is 20.7. The van der Waals surface area contributed by atoms with E-state index in [2.05, 4.69) is 27.1 Å². The lowest BCUT2D eigenvalue weighted by atomic mass is 10.0. The summed E-state index contributed by atoms with van der Waals surface area (Å²) in [7, 11) is 0. The maximum absolute atomic E-state index is 10.4. The molecule has 1 aromatic heterocycles.